The van der Waals surface area contributed by atoms with Crippen LogP contribution in [0.2, 0.25) is 0 Å². The first-order valence-electron chi connectivity index (χ1n) is 11.8. The van der Waals surface area contributed by atoms with Crippen molar-refractivity contribution in [3.63, 3.8) is 0 Å². The Labute approximate surface area is 225 Å². The third-order valence-electron chi connectivity index (χ3n) is 5.86. The van der Waals surface area contributed by atoms with Crippen molar-refractivity contribution in [3.05, 3.63) is 29.5 Å². The molecule has 2 aliphatic rings. The number of thiocarbonyl (C=S) groups is 1. The first kappa shape index (κ1) is 29.0. The quantitative estimate of drug-likeness (QED) is 0.304. The van der Waals surface area contributed by atoms with Gasteiger partial charge in [-0.05, 0) is 54.2 Å². The molecule has 2 aliphatic heterocycles. The molecule has 8 nitrogen and oxygen atoms in total. The smallest absolute Gasteiger partial charge is 0.229 e. The Morgan fingerprint density at radius 1 is 1.25 bits per heavy atom. The van der Waals surface area contributed by atoms with Crippen LogP contribution in [0.1, 0.15) is 54.9 Å². The molecule has 3 N–H and O–H groups in total. The number of sulfonamides is 1. The topological polar surface area (TPSA) is 103 Å². The second kappa shape index (κ2) is 9.98. The second-order valence-electron chi connectivity index (χ2n) is 11.5. The van der Waals surface area contributed by atoms with Gasteiger partial charge >= 0.3 is 0 Å². The molecule has 2 atom stereocenters. The highest BCUT2D eigenvalue weighted by Crippen LogP contribution is 2.53. The fraction of sp³-hybridized carbons (Fsp3) is 0.583. The monoisotopic (exact) mass is 572 g/mol. The standard InChI is InChI=1S/C24H37N4O4PS3/c1-9-32-33(35)17-14-15(27-36(8,30)31)10-11-16(17)25-21(26-33)18-19(29)20(24(5,6)7)28(22(18)34)13-12-23(2,3)4/h10-11,14,20,27,29H,9,12-13H2,1-8H3,(H,25,26,35)/t20-,33?/m1/s1. The van der Waals surface area contributed by atoms with E-state index >= 15 is 0 Å². The summed E-state index contributed by atoms with van der Waals surface area (Å²) in [7, 11) is -3.47. The lowest BCUT2D eigenvalue weighted by molar-refractivity contribution is 0.149. The minimum absolute atomic E-state index is 0.101. The Balaban J connectivity index is 2.10. The molecule has 0 radical (unpaired) electrons. The van der Waals surface area contributed by atoms with Gasteiger partial charge in [0.25, 0.3) is 0 Å². The van der Waals surface area contributed by atoms with Gasteiger partial charge in [-0.2, -0.15) is 0 Å². The second-order valence-corrected chi connectivity index (χ2v) is 17.1. The van der Waals surface area contributed by atoms with Gasteiger partial charge in [-0.1, -0.05) is 53.8 Å². The Hall–Kier alpha value is -1.52. The van der Waals surface area contributed by atoms with Crippen molar-refractivity contribution in [1.29, 1.82) is 0 Å². The largest absolute Gasteiger partial charge is 0.509 e. The summed E-state index contributed by atoms with van der Waals surface area (Å²) in [4.78, 5) is 2.62. The van der Waals surface area contributed by atoms with Crippen LogP contribution < -0.4 is 15.3 Å². The van der Waals surface area contributed by atoms with E-state index < -0.39 is 16.4 Å². The fourth-order valence-electron chi connectivity index (χ4n) is 4.31. The summed E-state index contributed by atoms with van der Waals surface area (Å²) in [6.45, 7) is 15.6. The maximum atomic E-state index is 11.8. The molecule has 0 amide bonds. The molecule has 0 aliphatic carbocycles. The van der Waals surface area contributed by atoms with Crippen molar-refractivity contribution >= 4 is 68.0 Å². The lowest BCUT2D eigenvalue weighted by Gasteiger charge is -2.37. The summed E-state index contributed by atoms with van der Waals surface area (Å²) in [5, 5.41) is 15.4. The van der Waals surface area contributed by atoms with Gasteiger partial charge in [-0.15, -0.1) is 0 Å². The average molecular weight is 573 g/mol. The highest BCUT2D eigenvalue weighted by Gasteiger charge is 2.46. The lowest BCUT2D eigenvalue weighted by atomic mass is 9.84. The highest BCUT2D eigenvalue weighted by molar-refractivity contribution is 8.15. The van der Waals surface area contributed by atoms with Crippen LogP contribution >= 0.6 is 18.6 Å². The first-order chi connectivity index (χ1) is 16.4. The van der Waals surface area contributed by atoms with E-state index in [9.17, 15) is 13.5 Å². The number of aliphatic hydroxyl groups is 1. The van der Waals surface area contributed by atoms with Crippen molar-refractivity contribution in [2.45, 2.75) is 60.9 Å². The molecule has 1 unspecified atom stereocenters. The van der Waals surface area contributed by atoms with Gasteiger partial charge in [0, 0.05) is 12.2 Å². The Morgan fingerprint density at radius 3 is 2.42 bits per heavy atom. The summed E-state index contributed by atoms with van der Waals surface area (Å²) in [6.07, 6.45) is -0.990. The molecular weight excluding hydrogens is 535 g/mol. The molecule has 1 aromatic carbocycles. The Morgan fingerprint density at radius 2 is 1.89 bits per heavy atom. The average Bonchev–Trinajstić information content (AvgIpc) is 2.95. The summed E-state index contributed by atoms with van der Waals surface area (Å²) >= 11 is 11.9. The molecule has 0 spiro atoms. The molecule has 0 saturated heterocycles. The Kier molecular flexibility index (Phi) is 8.05. The van der Waals surface area contributed by atoms with E-state index in [2.05, 4.69) is 56.5 Å². The molecule has 1 aromatic rings. The van der Waals surface area contributed by atoms with E-state index in [1.807, 2.05) is 6.92 Å². The fourth-order valence-corrected chi connectivity index (χ4v) is 8.09. The van der Waals surface area contributed by atoms with Crippen LogP contribution in [-0.4, -0.2) is 54.7 Å². The number of rotatable bonds is 7. The molecule has 200 valence electrons. The zero-order chi connectivity index (χ0) is 27.3. The van der Waals surface area contributed by atoms with Crippen LogP contribution in [0.25, 0.3) is 0 Å². The zero-order valence-electron chi connectivity index (χ0n) is 22.2. The number of aliphatic hydroxyl groups excluding tert-OH is 1. The van der Waals surface area contributed by atoms with E-state index in [0.717, 1.165) is 12.7 Å². The number of fused-ring (bicyclic) bond motifs is 1. The van der Waals surface area contributed by atoms with Crippen LogP contribution in [0, 0.1) is 10.8 Å². The molecule has 0 fully saturated rings. The third-order valence-corrected chi connectivity index (χ3v) is 10.1. The van der Waals surface area contributed by atoms with Crippen LogP contribution in [0.5, 0.6) is 0 Å². The van der Waals surface area contributed by atoms with Gasteiger partial charge in [-0.25, -0.2) is 13.2 Å². The van der Waals surface area contributed by atoms with Crippen molar-refractivity contribution in [3.8, 4) is 0 Å². The van der Waals surface area contributed by atoms with Crippen LogP contribution in [-0.2, 0) is 26.4 Å². The van der Waals surface area contributed by atoms with Crippen molar-refractivity contribution in [2.24, 2.45) is 15.6 Å². The predicted molar refractivity (Wildman–Crippen MR) is 158 cm³/mol. The van der Waals surface area contributed by atoms with Crippen molar-refractivity contribution in [1.82, 2.24) is 4.90 Å². The highest BCUT2D eigenvalue weighted by atomic mass is 32.4. The van der Waals surface area contributed by atoms with Gasteiger partial charge in [0.15, 0.2) is 0 Å². The zero-order valence-corrected chi connectivity index (χ0v) is 25.5. The molecule has 12 heteroatoms. The third kappa shape index (κ3) is 6.30. The number of hydrogen-bond donors (Lipinski definition) is 3. The first-order valence-corrected chi connectivity index (χ1v) is 16.8. The van der Waals surface area contributed by atoms with E-state index in [-0.39, 0.29) is 22.6 Å². The SMILES string of the molecule is CCOP1(=S)N=C(C2=C(O)[C@H](C(C)(C)C)N(CCC(C)(C)C)C2=S)Nc2ccc(NS(C)(=O)=O)cc21. The molecule has 0 bridgehead atoms. The maximum Gasteiger partial charge on any atom is 0.229 e. The molecular formula is C24H37N4O4PS3. The summed E-state index contributed by atoms with van der Waals surface area (Å²) < 4.78 is 36.8. The van der Waals surface area contributed by atoms with Crippen molar-refractivity contribution in [2.75, 3.05) is 29.4 Å². The number of nitrogens with zero attached hydrogens (tertiary/aromatic N) is 2. The number of benzene rings is 1. The maximum absolute atomic E-state index is 11.8. The van der Waals surface area contributed by atoms with E-state index in [1.165, 1.54) is 0 Å². The number of amidine groups is 1. The van der Waals surface area contributed by atoms with Gasteiger partial charge in [0.1, 0.15) is 16.6 Å². The Bertz CT molecular complexity index is 1280. The minimum atomic E-state index is -3.47. The molecule has 36 heavy (non-hydrogen) atoms. The van der Waals surface area contributed by atoms with Crippen LogP contribution in [0.4, 0.5) is 11.4 Å². The van der Waals surface area contributed by atoms with Crippen LogP contribution in [0.3, 0.4) is 0 Å². The molecule has 0 saturated carbocycles. The van der Waals surface area contributed by atoms with Crippen LogP contribution in [0.15, 0.2) is 34.3 Å². The predicted octanol–water partition coefficient (Wildman–Crippen LogP) is 5.16. The number of anilines is 2. The van der Waals surface area contributed by atoms with E-state index in [0.29, 0.717) is 46.2 Å². The molecule has 2 heterocycles. The van der Waals surface area contributed by atoms with E-state index in [4.69, 9.17) is 33.3 Å². The van der Waals surface area contributed by atoms with Gasteiger partial charge in [0.05, 0.1) is 35.5 Å². The number of hydrogen-bond acceptors (Lipinski definition) is 7. The molecule has 0 aromatic heterocycles. The number of nitrogens with one attached hydrogen (secondary N) is 2. The summed E-state index contributed by atoms with van der Waals surface area (Å²) in [6, 6.07) is 4.75. The summed E-state index contributed by atoms with van der Waals surface area (Å²) in [5.74, 6) is 0.558. The summed E-state index contributed by atoms with van der Waals surface area (Å²) in [5.41, 5.74) is 1.32. The van der Waals surface area contributed by atoms with Gasteiger partial charge in [0.2, 0.25) is 16.4 Å². The van der Waals surface area contributed by atoms with Gasteiger partial charge in [-0.3, -0.25) is 4.72 Å². The lowest BCUT2D eigenvalue weighted by Crippen LogP contribution is -2.44. The van der Waals surface area contributed by atoms with Crippen molar-refractivity contribution < 1.29 is 18.0 Å². The van der Waals surface area contributed by atoms with Gasteiger partial charge < -0.3 is 19.8 Å². The molecule has 3 rings (SSSR count). The normalized spacial score (nSPS) is 22.9. The minimum Gasteiger partial charge on any atom is -0.509 e. The van der Waals surface area contributed by atoms with E-state index in [1.54, 1.807) is 18.2 Å².